The van der Waals surface area contributed by atoms with Gasteiger partial charge in [-0.25, -0.2) is 0 Å². The summed E-state index contributed by atoms with van der Waals surface area (Å²) in [6, 6.07) is 1.54. The van der Waals surface area contributed by atoms with E-state index in [4.69, 9.17) is 20.6 Å². The third-order valence-corrected chi connectivity index (χ3v) is 1.83. The van der Waals surface area contributed by atoms with Gasteiger partial charge in [-0.2, -0.15) is 5.26 Å². The normalized spacial score (nSPS) is 12.1. The molecule has 0 fully saturated rings. The zero-order chi connectivity index (χ0) is 11.9. The highest BCUT2D eigenvalue weighted by atomic mass is 16.3. The maximum atomic E-state index is 11.3. The summed E-state index contributed by atoms with van der Waals surface area (Å²) in [7, 11) is 1.26. The number of aliphatic hydroxyl groups is 3. The molecule has 0 aliphatic carbocycles. The van der Waals surface area contributed by atoms with Gasteiger partial charge in [-0.1, -0.05) is 0 Å². The summed E-state index contributed by atoms with van der Waals surface area (Å²) >= 11 is 0. The van der Waals surface area contributed by atoms with Crippen LogP contribution < -0.4 is 5.32 Å². The number of rotatable bonds is 5. The Labute approximate surface area is 86.7 Å². The van der Waals surface area contributed by atoms with Crippen LogP contribution in [0.2, 0.25) is 0 Å². The Morgan fingerprint density at radius 3 is 2.13 bits per heavy atom. The van der Waals surface area contributed by atoms with Crippen LogP contribution in [0, 0.1) is 11.3 Å². The summed E-state index contributed by atoms with van der Waals surface area (Å²) in [6.07, 6.45) is 0. The van der Waals surface area contributed by atoms with E-state index in [1.54, 1.807) is 0 Å². The lowest BCUT2D eigenvalue weighted by atomic mass is 10.0. The van der Waals surface area contributed by atoms with Crippen LogP contribution in [0.15, 0.2) is 4.99 Å². The van der Waals surface area contributed by atoms with Gasteiger partial charge in [0.25, 0.3) is 5.91 Å². The number of nitrogens with zero attached hydrogens (tertiary/aromatic N) is 2. The number of amides is 1. The number of hydrogen-bond donors (Lipinski definition) is 4. The Morgan fingerprint density at radius 1 is 1.40 bits per heavy atom. The molecule has 0 aromatic heterocycles. The summed E-state index contributed by atoms with van der Waals surface area (Å²) < 4.78 is 0. The summed E-state index contributed by atoms with van der Waals surface area (Å²) in [5.74, 6) is -0.850. The van der Waals surface area contributed by atoms with E-state index in [1.807, 2.05) is 0 Å². The molecule has 0 aliphatic heterocycles. The van der Waals surface area contributed by atoms with E-state index in [0.29, 0.717) is 0 Å². The van der Waals surface area contributed by atoms with Crippen molar-refractivity contribution < 1.29 is 20.1 Å². The van der Waals surface area contributed by atoms with Crippen molar-refractivity contribution in [2.45, 2.75) is 5.54 Å². The van der Waals surface area contributed by atoms with Crippen LogP contribution in [0.5, 0.6) is 0 Å². The highest BCUT2D eigenvalue weighted by molar-refractivity contribution is 6.45. The first-order valence-electron chi connectivity index (χ1n) is 4.11. The third-order valence-electron chi connectivity index (χ3n) is 1.83. The number of nitriles is 1. The van der Waals surface area contributed by atoms with E-state index in [1.165, 1.54) is 13.1 Å². The van der Waals surface area contributed by atoms with Crippen LogP contribution in [-0.2, 0) is 4.79 Å². The molecule has 0 saturated heterocycles. The van der Waals surface area contributed by atoms with Gasteiger partial charge in [0.05, 0.1) is 19.8 Å². The van der Waals surface area contributed by atoms with E-state index in [0.717, 1.165) is 0 Å². The molecule has 15 heavy (non-hydrogen) atoms. The van der Waals surface area contributed by atoms with Gasteiger partial charge in [0.1, 0.15) is 11.6 Å². The summed E-state index contributed by atoms with van der Waals surface area (Å²) in [4.78, 5) is 14.7. The van der Waals surface area contributed by atoms with Crippen molar-refractivity contribution in [1.82, 2.24) is 5.32 Å². The molecular weight excluding hydrogens is 202 g/mol. The van der Waals surface area contributed by atoms with Crippen LogP contribution in [0.1, 0.15) is 0 Å². The Morgan fingerprint density at radius 2 is 1.87 bits per heavy atom. The number of aliphatic hydroxyl groups excluding tert-OH is 3. The van der Waals surface area contributed by atoms with E-state index in [-0.39, 0.29) is 0 Å². The summed E-state index contributed by atoms with van der Waals surface area (Å²) in [5.41, 5.74) is -1.93. The maximum Gasteiger partial charge on any atom is 0.281 e. The third kappa shape index (κ3) is 3.28. The Kier molecular flexibility index (Phi) is 5.48. The average Bonchev–Trinajstić information content (AvgIpc) is 2.28. The minimum absolute atomic E-state index is 0.394. The number of aliphatic imine (C=N–C) groups is 1. The molecule has 0 heterocycles. The highest BCUT2D eigenvalue weighted by Gasteiger charge is 2.31. The van der Waals surface area contributed by atoms with Gasteiger partial charge in [-0.05, 0) is 0 Å². The van der Waals surface area contributed by atoms with Gasteiger partial charge < -0.3 is 20.6 Å². The van der Waals surface area contributed by atoms with Crippen LogP contribution in [-0.4, -0.2) is 59.3 Å². The molecule has 0 radical (unpaired) electrons. The zero-order valence-electron chi connectivity index (χ0n) is 8.27. The molecule has 0 saturated carbocycles. The predicted octanol–water partition coefficient (Wildman–Crippen LogP) is -2.59. The number of hydrogen-bond acceptors (Lipinski definition) is 6. The van der Waals surface area contributed by atoms with Crippen molar-refractivity contribution in [3.05, 3.63) is 0 Å². The van der Waals surface area contributed by atoms with Gasteiger partial charge in [-0.15, -0.1) is 0 Å². The molecule has 0 aromatic rings. The standard InChI is InChI=1S/C8H13N3O4/c1-10-6(2-9)7(15)11-8(3-12,4-13)5-14/h12-14H,3-5H2,1H3,(H,11,15)/b10-6+. The van der Waals surface area contributed by atoms with E-state index >= 15 is 0 Å². The van der Waals surface area contributed by atoms with E-state index < -0.39 is 37.0 Å². The van der Waals surface area contributed by atoms with Crippen LogP contribution in [0.4, 0.5) is 0 Å². The van der Waals surface area contributed by atoms with Crippen molar-refractivity contribution >= 4 is 11.6 Å². The second-order valence-electron chi connectivity index (χ2n) is 2.89. The minimum atomic E-state index is -1.54. The fourth-order valence-electron chi connectivity index (χ4n) is 0.771. The Bertz CT molecular complexity index is 282. The number of carbonyl (C=O) groups excluding carboxylic acids is 1. The molecule has 0 bridgehead atoms. The lowest BCUT2D eigenvalue weighted by Gasteiger charge is -2.28. The second kappa shape index (κ2) is 6.08. The van der Waals surface area contributed by atoms with Crippen molar-refractivity contribution in [2.75, 3.05) is 26.9 Å². The van der Waals surface area contributed by atoms with E-state index in [9.17, 15) is 4.79 Å². The quantitative estimate of drug-likeness (QED) is 0.374. The van der Waals surface area contributed by atoms with Gasteiger partial charge in [0.15, 0.2) is 5.71 Å². The monoisotopic (exact) mass is 215 g/mol. The van der Waals surface area contributed by atoms with Crippen molar-refractivity contribution in [1.29, 1.82) is 5.26 Å². The molecular formula is C8H13N3O4. The molecule has 84 valence electrons. The minimum Gasteiger partial charge on any atom is -0.394 e. The van der Waals surface area contributed by atoms with Gasteiger partial charge in [0, 0.05) is 7.05 Å². The Hall–Kier alpha value is -1.49. The molecule has 7 nitrogen and oxygen atoms in total. The summed E-state index contributed by atoms with van der Waals surface area (Å²) in [5, 5.41) is 37.3. The SMILES string of the molecule is C/N=C(\C#N)C(=O)NC(CO)(CO)CO. The van der Waals surface area contributed by atoms with Crippen molar-refractivity contribution in [3.8, 4) is 6.07 Å². The fraction of sp³-hybridized carbons (Fsp3) is 0.625. The highest BCUT2D eigenvalue weighted by Crippen LogP contribution is 2.01. The van der Waals surface area contributed by atoms with E-state index in [2.05, 4.69) is 10.3 Å². The average molecular weight is 215 g/mol. The molecule has 1 amide bonds. The smallest absolute Gasteiger partial charge is 0.281 e. The summed E-state index contributed by atoms with van der Waals surface area (Å²) in [6.45, 7) is -1.93. The molecule has 4 N–H and O–H groups in total. The molecule has 0 aliphatic rings. The molecule has 7 heteroatoms. The fourth-order valence-corrected chi connectivity index (χ4v) is 0.771. The number of carbonyl (C=O) groups is 1. The van der Waals surface area contributed by atoms with Crippen molar-refractivity contribution in [2.24, 2.45) is 4.99 Å². The largest absolute Gasteiger partial charge is 0.394 e. The second-order valence-corrected chi connectivity index (χ2v) is 2.89. The van der Waals surface area contributed by atoms with Crippen LogP contribution in [0.3, 0.4) is 0 Å². The topological polar surface area (TPSA) is 126 Å². The first kappa shape index (κ1) is 13.5. The molecule has 0 atom stereocenters. The van der Waals surface area contributed by atoms with Gasteiger partial charge in [-0.3, -0.25) is 9.79 Å². The zero-order valence-corrected chi connectivity index (χ0v) is 8.27. The van der Waals surface area contributed by atoms with Crippen molar-refractivity contribution in [3.63, 3.8) is 0 Å². The van der Waals surface area contributed by atoms with Gasteiger partial charge >= 0.3 is 0 Å². The lowest BCUT2D eigenvalue weighted by Crippen LogP contribution is -2.58. The van der Waals surface area contributed by atoms with Gasteiger partial charge in [0.2, 0.25) is 0 Å². The number of nitrogens with one attached hydrogen (secondary N) is 1. The Balaban J connectivity index is 4.71. The molecule has 0 rings (SSSR count). The van der Waals surface area contributed by atoms with Crippen LogP contribution >= 0.6 is 0 Å². The maximum absolute atomic E-state index is 11.3. The molecule has 0 unspecified atom stereocenters. The molecule has 0 spiro atoms. The first-order chi connectivity index (χ1) is 7.09. The molecule has 0 aromatic carbocycles. The predicted molar refractivity (Wildman–Crippen MR) is 51.1 cm³/mol. The van der Waals surface area contributed by atoms with Crippen LogP contribution in [0.25, 0.3) is 0 Å². The lowest BCUT2D eigenvalue weighted by molar-refractivity contribution is -0.118. The first-order valence-corrected chi connectivity index (χ1v) is 4.11.